The molecule has 0 aliphatic carbocycles. The summed E-state index contributed by atoms with van der Waals surface area (Å²) in [6, 6.07) is 10.4. The van der Waals surface area contributed by atoms with Crippen molar-refractivity contribution in [3.63, 3.8) is 0 Å². The van der Waals surface area contributed by atoms with Crippen LogP contribution in [0.1, 0.15) is 37.8 Å². The summed E-state index contributed by atoms with van der Waals surface area (Å²) in [6.45, 7) is 4.31. The minimum absolute atomic E-state index is 0.183. The summed E-state index contributed by atoms with van der Waals surface area (Å²) in [4.78, 5) is 0. The Kier molecular flexibility index (Phi) is 4.61. The fourth-order valence-electron chi connectivity index (χ4n) is 3.09. The molecule has 1 atom stereocenters. The molecule has 3 nitrogen and oxygen atoms in total. The number of benzene rings is 1. The van der Waals surface area contributed by atoms with Crippen molar-refractivity contribution in [3.8, 4) is 0 Å². The summed E-state index contributed by atoms with van der Waals surface area (Å²) >= 11 is 0. The normalized spacial score (nSPS) is 13.4. The van der Waals surface area contributed by atoms with Crippen molar-refractivity contribution in [3.05, 3.63) is 53.9 Å². The van der Waals surface area contributed by atoms with Crippen LogP contribution in [-0.2, 0) is 18.9 Å². The molecule has 1 N–H and O–H groups in total. The van der Waals surface area contributed by atoms with Crippen LogP contribution >= 0.6 is 0 Å². The molecule has 0 amide bonds. The van der Waals surface area contributed by atoms with Crippen molar-refractivity contribution in [2.45, 2.75) is 44.6 Å². The summed E-state index contributed by atoms with van der Waals surface area (Å²) in [5.41, 5.74) is 2.13. The second kappa shape index (κ2) is 6.23. The zero-order valence-electron chi connectivity index (χ0n) is 12.6. The van der Waals surface area contributed by atoms with Gasteiger partial charge in [-0.3, -0.25) is 4.68 Å². The molecular formula is C17H24N2O. The van der Waals surface area contributed by atoms with E-state index in [0.717, 1.165) is 18.4 Å². The van der Waals surface area contributed by atoms with Gasteiger partial charge in [0.05, 0.1) is 12.3 Å². The Morgan fingerprint density at radius 1 is 1.20 bits per heavy atom. The molecule has 0 radical (unpaired) electrons. The van der Waals surface area contributed by atoms with Crippen LogP contribution in [0.2, 0.25) is 0 Å². The van der Waals surface area contributed by atoms with E-state index in [9.17, 15) is 5.11 Å². The first-order valence-corrected chi connectivity index (χ1v) is 7.33. The van der Waals surface area contributed by atoms with Crippen LogP contribution in [0.25, 0.3) is 0 Å². The van der Waals surface area contributed by atoms with Crippen LogP contribution in [-0.4, -0.2) is 21.0 Å². The molecule has 20 heavy (non-hydrogen) atoms. The third kappa shape index (κ3) is 2.78. The SMILES string of the molecule is CCC(CC)(c1ccccc1)C(O)Cc1cnn(C)c1. The van der Waals surface area contributed by atoms with E-state index >= 15 is 0 Å². The molecule has 0 saturated carbocycles. The topological polar surface area (TPSA) is 38.1 Å². The minimum atomic E-state index is -0.399. The molecule has 0 aliphatic heterocycles. The smallest absolute Gasteiger partial charge is 0.0677 e. The van der Waals surface area contributed by atoms with Gasteiger partial charge >= 0.3 is 0 Å². The third-order valence-electron chi connectivity index (χ3n) is 4.44. The van der Waals surface area contributed by atoms with Crippen LogP contribution < -0.4 is 0 Å². The van der Waals surface area contributed by atoms with Gasteiger partial charge in [-0.2, -0.15) is 5.10 Å². The molecule has 3 heteroatoms. The first-order valence-electron chi connectivity index (χ1n) is 7.33. The molecule has 1 aromatic carbocycles. The maximum atomic E-state index is 10.8. The first kappa shape index (κ1) is 14.8. The van der Waals surface area contributed by atoms with Gasteiger partial charge in [0.1, 0.15) is 0 Å². The number of aliphatic hydroxyl groups is 1. The monoisotopic (exact) mass is 272 g/mol. The molecular weight excluding hydrogens is 248 g/mol. The van der Waals surface area contributed by atoms with Gasteiger partial charge in [0.2, 0.25) is 0 Å². The molecule has 2 rings (SSSR count). The lowest BCUT2D eigenvalue weighted by molar-refractivity contribution is 0.0733. The molecule has 108 valence electrons. The molecule has 1 aromatic heterocycles. The second-order valence-corrected chi connectivity index (χ2v) is 5.47. The predicted molar refractivity (Wildman–Crippen MR) is 81.6 cm³/mol. The first-order chi connectivity index (χ1) is 9.62. The van der Waals surface area contributed by atoms with Crippen LogP contribution in [0, 0.1) is 0 Å². The fourth-order valence-corrected chi connectivity index (χ4v) is 3.09. The highest BCUT2D eigenvalue weighted by Crippen LogP contribution is 2.36. The summed E-state index contributed by atoms with van der Waals surface area (Å²) in [6.07, 6.45) is 5.91. The Hall–Kier alpha value is -1.61. The van der Waals surface area contributed by atoms with Gasteiger partial charge in [0, 0.05) is 25.1 Å². The van der Waals surface area contributed by atoms with Gasteiger partial charge in [-0.25, -0.2) is 0 Å². The zero-order valence-corrected chi connectivity index (χ0v) is 12.6. The third-order valence-corrected chi connectivity index (χ3v) is 4.44. The predicted octanol–water partition coefficient (Wildman–Crippen LogP) is 3.08. The van der Waals surface area contributed by atoms with Crippen molar-refractivity contribution < 1.29 is 5.11 Å². The van der Waals surface area contributed by atoms with Crippen molar-refractivity contribution >= 4 is 0 Å². The Morgan fingerprint density at radius 2 is 1.85 bits per heavy atom. The van der Waals surface area contributed by atoms with Gasteiger partial charge in [-0.15, -0.1) is 0 Å². The van der Waals surface area contributed by atoms with Gasteiger partial charge in [-0.1, -0.05) is 44.2 Å². The number of aromatic nitrogens is 2. The largest absolute Gasteiger partial charge is 0.392 e. The summed E-state index contributed by atoms with van der Waals surface area (Å²) in [5.74, 6) is 0. The number of rotatable bonds is 6. The van der Waals surface area contributed by atoms with Crippen LogP contribution in [0.4, 0.5) is 0 Å². The number of hydrogen-bond acceptors (Lipinski definition) is 2. The molecule has 1 unspecified atom stereocenters. The molecule has 0 fully saturated rings. The maximum Gasteiger partial charge on any atom is 0.0677 e. The lowest BCUT2D eigenvalue weighted by Gasteiger charge is -2.37. The molecule has 0 aliphatic rings. The summed E-state index contributed by atoms with van der Waals surface area (Å²) < 4.78 is 1.78. The number of aliphatic hydroxyl groups excluding tert-OH is 1. The van der Waals surface area contributed by atoms with Gasteiger partial charge in [0.25, 0.3) is 0 Å². The number of nitrogens with zero attached hydrogens (tertiary/aromatic N) is 2. The van der Waals surface area contributed by atoms with Gasteiger partial charge < -0.3 is 5.11 Å². The molecule has 2 aromatic rings. The van der Waals surface area contributed by atoms with Crippen LogP contribution in [0.3, 0.4) is 0 Å². The minimum Gasteiger partial charge on any atom is -0.392 e. The highest BCUT2D eigenvalue weighted by Gasteiger charge is 2.36. The van der Waals surface area contributed by atoms with Gasteiger partial charge in [-0.05, 0) is 24.0 Å². The van der Waals surface area contributed by atoms with E-state index in [1.54, 1.807) is 4.68 Å². The average molecular weight is 272 g/mol. The van der Waals surface area contributed by atoms with Crippen molar-refractivity contribution in [2.75, 3.05) is 0 Å². The van der Waals surface area contributed by atoms with E-state index in [1.165, 1.54) is 5.56 Å². The van der Waals surface area contributed by atoms with E-state index in [1.807, 2.05) is 37.6 Å². The lowest BCUT2D eigenvalue weighted by atomic mass is 9.70. The van der Waals surface area contributed by atoms with E-state index in [4.69, 9.17) is 0 Å². The second-order valence-electron chi connectivity index (χ2n) is 5.47. The molecule has 0 spiro atoms. The highest BCUT2D eigenvalue weighted by atomic mass is 16.3. The fraction of sp³-hybridized carbons (Fsp3) is 0.471. The Balaban J connectivity index is 2.28. The standard InChI is InChI=1S/C17H24N2O/c1-4-17(5-2,15-9-7-6-8-10-15)16(20)11-14-12-18-19(3)13-14/h6-10,12-13,16,20H,4-5,11H2,1-3H3. The maximum absolute atomic E-state index is 10.8. The van der Waals surface area contributed by atoms with E-state index in [-0.39, 0.29) is 5.41 Å². The Labute approximate surface area is 121 Å². The summed E-state index contributed by atoms with van der Waals surface area (Å²) in [5, 5.41) is 15.0. The molecule has 1 heterocycles. The summed E-state index contributed by atoms with van der Waals surface area (Å²) in [7, 11) is 1.90. The van der Waals surface area contributed by atoms with Crippen LogP contribution in [0.15, 0.2) is 42.7 Å². The van der Waals surface area contributed by atoms with Crippen molar-refractivity contribution in [2.24, 2.45) is 7.05 Å². The van der Waals surface area contributed by atoms with E-state index in [0.29, 0.717) is 6.42 Å². The lowest BCUT2D eigenvalue weighted by Crippen LogP contribution is -2.40. The zero-order chi connectivity index (χ0) is 14.6. The molecule has 0 saturated heterocycles. The van der Waals surface area contributed by atoms with Crippen molar-refractivity contribution in [1.29, 1.82) is 0 Å². The average Bonchev–Trinajstić information content (AvgIpc) is 2.87. The van der Waals surface area contributed by atoms with Gasteiger partial charge in [0.15, 0.2) is 0 Å². The van der Waals surface area contributed by atoms with E-state index < -0.39 is 6.10 Å². The van der Waals surface area contributed by atoms with E-state index in [2.05, 4.69) is 31.1 Å². The Bertz CT molecular complexity index is 529. The number of hydrogen-bond donors (Lipinski definition) is 1. The Morgan fingerprint density at radius 3 is 2.35 bits per heavy atom. The quantitative estimate of drug-likeness (QED) is 0.877. The van der Waals surface area contributed by atoms with Crippen molar-refractivity contribution in [1.82, 2.24) is 9.78 Å². The molecule has 0 bridgehead atoms. The van der Waals surface area contributed by atoms with Crippen LogP contribution in [0.5, 0.6) is 0 Å². The number of aryl methyl sites for hydroxylation is 1. The highest BCUT2D eigenvalue weighted by molar-refractivity contribution is 5.28.